The molecule has 2 nitrogen and oxygen atoms in total. The number of thiazole rings is 1. The van der Waals surface area contributed by atoms with Crippen molar-refractivity contribution in [1.29, 1.82) is 0 Å². The summed E-state index contributed by atoms with van der Waals surface area (Å²) in [6.45, 7) is 12.6. The van der Waals surface area contributed by atoms with E-state index in [1.807, 2.05) is 11.3 Å². The van der Waals surface area contributed by atoms with Gasteiger partial charge in [0.25, 0.3) is 0 Å². The van der Waals surface area contributed by atoms with Crippen LogP contribution in [0.25, 0.3) is 0 Å². The second-order valence-corrected chi connectivity index (χ2v) is 8.26. The minimum absolute atomic E-state index is 0.142. The molecule has 3 heteroatoms. The van der Waals surface area contributed by atoms with Gasteiger partial charge in [-0.1, -0.05) is 34.6 Å². The average Bonchev–Trinajstić information content (AvgIpc) is 2.88. The van der Waals surface area contributed by atoms with E-state index < -0.39 is 0 Å². The first kappa shape index (κ1) is 16.0. The van der Waals surface area contributed by atoms with E-state index in [1.54, 1.807) is 0 Å². The number of nitrogens with one attached hydrogen (secondary N) is 1. The highest BCUT2D eigenvalue weighted by atomic mass is 32.1. The second kappa shape index (κ2) is 6.15. The predicted octanol–water partition coefficient (Wildman–Crippen LogP) is 5.06. The van der Waals surface area contributed by atoms with Crippen LogP contribution in [0.2, 0.25) is 0 Å². The highest BCUT2D eigenvalue weighted by Crippen LogP contribution is 2.46. The summed E-state index contributed by atoms with van der Waals surface area (Å²) in [5, 5.41) is 7.42. The van der Waals surface area contributed by atoms with Gasteiger partial charge < -0.3 is 5.32 Å². The van der Waals surface area contributed by atoms with E-state index >= 15 is 0 Å². The fourth-order valence-corrected chi connectivity index (χ4v) is 4.17. The van der Waals surface area contributed by atoms with E-state index in [9.17, 15) is 0 Å². The third-order valence-corrected chi connectivity index (χ3v) is 5.76. The highest BCUT2D eigenvalue weighted by Gasteiger charge is 2.41. The molecule has 1 saturated carbocycles. The van der Waals surface area contributed by atoms with Crippen LogP contribution in [-0.2, 0) is 5.54 Å². The molecule has 0 aromatic carbocycles. The SMILES string of the molecule is CCCNC1(c2nc(C(C)C)cs2)CCC(C)(C)CC1. The molecule has 0 spiro atoms. The van der Waals surface area contributed by atoms with Gasteiger partial charge in [0.05, 0.1) is 11.2 Å². The third kappa shape index (κ3) is 3.43. The fourth-order valence-electron chi connectivity index (χ4n) is 2.96. The van der Waals surface area contributed by atoms with Crippen molar-refractivity contribution in [1.82, 2.24) is 10.3 Å². The molecule has 0 bridgehead atoms. The monoisotopic (exact) mass is 294 g/mol. The summed E-state index contributed by atoms with van der Waals surface area (Å²) < 4.78 is 0. The molecule has 0 atom stereocenters. The molecule has 0 saturated heterocycles. The summed E-state index contributed by atoms with van der Waals surface area (Å²) in [6.07, 6.45) is 6.23. The lowest BCUT2D eigenvalue weighted by Gasteiger charge is -2.43. The van der Waals surface area contributed by atoms with E-state index in [0.717, 1.165) is 6.54 Å². The third-order valence-electron chi connectivity index (χ3n) is 4.69. The lowest BCUT2D eigenvalue weighted by Crippen LogP contribution is -2.47. The zero-order chi connectivity index (χ0) is 14.8. The van der Waals surface area contributed by atoms with Crippen molar-refractivity contribution in [3.8, 4) is 0 Å². The summed E-state index contributed by atoms with van der Waals surface area (Å²) >= 11 is 1.86. The molecule has 20 heavy (non-hydrogen) atoms. The van der Waals surface area contributed by atoms with Crippen LogP contribution in [0.4, 0.5) is 0 Å². The van der Waals surface area contributed by atoms with Crippen molar-refractivity contribution in [2.75, 3.05) is 6.54 Å². The Labute approximate surface area is 128 Å². The quantitative estimate of drug-likeness (QED) is 0.821. The van der Waals surface area contributed by atoms with Crippen molar-refractivity contribution in [3.63, 3.8) is 0 Å². The van der Waals surface area contributed by atoms with Crippen LogP contribution in [0.1, 0.15) is 83.3 Å². The van der Waals surface area contributed by atoms with Gasteiger partial charge >= 0.3 is 0 Å². The molecular formula is C17H30N2S. The normalized spacial score (nSPS) is 21.3. The number of hydrogen-bond donors (Lipinski definition) is 1. The summed E-state index contributed by atoms with van der Waals surface area (Å²) in [7, 11) is 0. The van der Waals surface area contributed by atoms with Gasteiger partial charge in [-0.3, -0.25) is 0 Å². The zero-order valence-electron chi connectivity index (χ0n) is 13.8. The van der Waals surface area contributed by atoms with Crippen molar-refractivity contribution in [2.45, 2.75) is 78.2 Å². The van der Waals surface area contributed by atoms with Crippen LogP contribution in [0, 0.1) is 5.41 Å². The van der Waals surface area contributed by atoms with E-state index in [-0.39, 0.29) is 5.54 Å². The first-order chi connectivity index (χ1) is 9.38. The van der Waals surface area contributed by atoms with Gasteiger partial charge in [-0.25, -0.2) is 4.98 Å². The Hall–Kier alpha value is -0.410. The first-order valence-corrected chi connectivity index (χ1v) is 8.97. The molecule has 0 radical (unpaired) electrons. The Morgan fingerprint density at radius 2 is 1.90 bits per heavy atom. The topological polar surface area (TPSA) is 24.9 Å². The minimum Gasteiger partial charge on any atom is -0.305 e. The molecule has 1 aliphatic carbocycles. The van der Waals surface area contributed by atoms with Crippen LogP contribution in [-0.4, -0.2) is 11.5 Å². The predicted molar refractivity (Wildman–Crippen MR) is 88.4 cm³/mol. The van der Waals surface area contributed by atoms with Crippen LogP contribution < -0.4 is 5.32 Å². The lowest BCUT2D eigenvalue weighted by molar-refractivity contribution is 0.134. The average molecular weight is 295 g/mol. The van der Waals surface area contributed by atoms with Gasteiger partial charge in [-0.05, 0) is 50.0 Å². The molecule has 114 valence electrons. The smallest absolute Gasteiger partial charge is 0.113 e. The zero-order valence-corrected chi connectivity index (χ0v) is 14.6. The van der Waals surface area contributed by atoms with E-state index in [1.165, 1.54) is 42.8 Å². The number of hydrogen-bond acceptors (Lipinski definition) is 3. The summed E-state index contributed by atoms with van der Waals surface area (Å²) in [5.41, 5.74) is 1.89. The molecule has 1 aromatic heterocycles. The second-order valence-electron chi connectivity index (χ2n) is 7.41. The number of rotatable bonds is 5. The van der Waals surface area contributed by atoms with Crippen LogP contribution in [0.3, 0.4) is 0 Å². The van der Waals surface area contributed by atoms with Gasteiger partial charge in [0.1, 0.15) is 5.01 Å². The minimum atomic E-state index is 0.142. The van der Waals surface area contributed by atoms with E-state index in [0.29, 0.717) is 11.3 Å². The molecule has 0 unspecified atom stereocenters. The molecule has 2 rings (SSSR count). The number of nitrogens with zero attached hydrogens (tertiary/aromatic N) is 1. The molecule has 0 amide bonds. The van der Waals surface area contributed by atoms with Crippen LogP contribution in [0.5, 0.6) is 0 Å². The molecule has 1 aromatic rings. The Morgan fingerprint density at radius 3 is 2.40 bits per heavy atom. The maximum Gasteiger partial charge on any atom is 0.113 e. The molecule has 1 heterocycles. The molecule has 0 aliphatic heterocycles. The van der Waals surface area contributed by atoms with Crippen molar-refractivity contribution >= 4 is 11.3 Å². The van der Waals surface area contributed by atoms with Crippen LogP contribution in [0.15, 0.2) is 5.38 Å². The Balaban J connectivity index is 2.22. The largest absolute Gasteiger partial charge is 0.305 e. The summed E-state index contributed by atoms with van der Waals surface area (Å²) in [5.74, 6) is 0.531. The van der Waals surface area contributed by atoms with Crippen molar-refractivity contribution < 1.29 is 0 Å². The van der Waals surface area contributed by atoms with Crippen LogP contribution >= 0.6 is 11.3 Å². The number of aromatic nitrogens is 1. The summed E-state index contributed by atoms with van der Waals surface area (Å²) in [6, 6.07) is 0. The van der Waals surface area contributed by atoms with Crippen molar-refractivity contribution in [3.05, 3.63) is 16.1 Å². The van der Waals surface area contributed by atoms with Gasteiger partial charge in [0, 0.05) is 5.38 Å². The Bertz CT molecular complexity index is 424. The van der Waals surface area contributed by atoms with Gasteiger partial charge in [-0.15, -0.1) is 11.3 Å². The van der Waals surface area contributed by atoms with E-state index in [4.69, 9.17) is 4.98 Å². The van der Waals surface area contributed by atoms with Gasteiger partial charge in [0.2, 0.25) is 0 Å². The maximum absolute atomic E-state index is 4.96. The maximum atomic E-state index is 4.96. The van der Waals surface area contributed by atoms with E-state index in [2.05, 4.69) is 45.3 Å². The standard InChI is InChI=1S/C17H30N2S/c1-6-11-18-17(9-7-16(4,5)8-10-17)15-19-14(12-20-15)13(2)3/h12-13,18H,6-11H2,1-5H3. The van der Waals surface area contributed by atoms with Gasteiger partial charge in [0.15, 0.2) is 0 Å². The summed E-state index contributed by atoms with van der Waals surface area (Å²) in [4.78, 5) is 4.96. The van der Waals surface area contributed by atoms with Gasteiger partial charge in [-0.2, -0.15) is 0 Å². The first-order valence-electron chi connectivity index (χ1n) is 8.09. The molecule has 1 N–H and O–H groups in total. The Morgan fingerprint density at radius 1 is 1.25 bits per heavy atom. The lowest BCUT2D eigenvalue weighted by atomic mass is 9.69. The molecular weight excluding hydrogens is 264 g/mol. The molecule has 1 aliphatic rings. The van der Waals surface area contributed by atoms with Crippen molar-refractivity contribution in [2.24, 2.45) is 5.41 Å². The fraction of sp³-hybridized carbons (Fsp3) is 0.824. The Kier molecular flexibility index (Phi) is 4.91. The molecule has 1 fully saturated rings. The highest BCUT2D eigenvalue weighted by molar-refractivity contribution is 7.09.